The maximum Gasteiger partial charge on any atom is 0.139 e. The number of hydrogen-bond donors (Lipinski definition) is 1. The minimum Gasteiger partial charge on any atom is -0.464 e. The lowest BCUT2D eigenvalue weighted by atomic mass is 10.1. The molecule has 0 saturated heterocycles. The van der Waals surface area contributed by atoms with Gasteiger partial charge in [0.05, 0.1) is 11.6 Å². The maximum atomic E-state index is 5.74. The maximum absolute atomic E-state index is 5.74. The number of fused-ring (bicyclic) bond motifs is 1. The zero-order valence-electron chi connectivity index (χ0n) is 11.1. The van der Waals surface area contributed by atoms with Gasteiger partial charge in [-0.15, -0.1) is 0 Å². The van der Waals surface area contributed by atoms with Gasteiger partial charge in [-0.05, 0) is 25.0 Å². The molecule has 2 aromatic rings. The molecule has 4 heteroatoms. The largest absolute Gasteiger partial charge is 0.464 e. The van der Waals surface area contributed by atoms with Crippen LogP contribution in [0.3, 0.4) is 0 Å². The van der Waals surface area contributed by atoms with Gasteiger partial charge in [0.15, 0.2) is 0 Å². The summed E-state index contributed by atoms with van der Waals surface area (Å²) < 4.78 is 5.44. The first-order chi connectivity index (χ1) is 8.81. The van der Waals surface area contributed by atoms with E-state index < -0.39 is 0 Å². The summed E-state index contributed by atoms with van der Waals surface area (Å²) in [5, 5.41) is 1.07. The number of rotatable bonds is 6. The van der Waals surface area contributed by atoms with Gasteiger partial charge in [0.2, 0.25) is 0 Å². The monoisotopic (exact) mass is 247 g/mol. The van der Waals surface area contributed by atoms with Gasteiger partial charge in [-0.2, -0.15) is 0 Å². The van der Waals surface area contributed by atoms with E-state index in [2.05, 4.69) is 23.7 Å². The van der Waals surface area contributed by atoms with Crippen LogP contribution >= 0.6 is 0 Å². The van der Waals surface area contributed by atoms with Crippen molar-refractivity contribution in [3.8, 4) is 0 Å². The number of anilines is 1. The van der Waals surface area contributed by atoms with Crippen LogP contribution in [0.15, 0.2) is 29.0 Å². The third-order valence-electron chi connectivity index (χ3n) is 3.38. The molecule has 0 spiro atoms. The molecule has 2 aromatic heterocycles. The van der Waals surface area contributed by atoms with Crippen molar-refractivity contribution in [3.63, 3.8) is 0 Å². The SMILES string of the molecule is CCC(CC)N(CCN)c1nccc2occc12. The van der Waals surface area contributed by atoms with Crippen LogP contribution < -0.4 is 10.6 Å². The standard InChI is InChI=1S/C14H21N3O/c1-3-11(4-2)17(9-7-15)14-12-6-10-18-13(12)5-8-16-14/h5-6,8,10-11H,3-4,7,9,15H2,1-2H3. The first kappa shape index (κ1) is 12.9. The fourth-order valence-electron chi connectivity index (χ4n) is 2.44. The Bertz CT molecular complexity index is 490. The predicted molar refractivity (Wildman–Crippen MR) is 74.8 cm³/mol. The lowest BCUT2D eigenvalue weighted by Gasteiger charge is -2.31. The van der Waals surface area contributed by atoms with Crippen molar-refractivity contribution in [2.45, 2.75) is 32.7 Å². The number of hydrogen-bond acceptors (Lipinski definition) is 4. The summed E-state index contributed by atoms with van der Waals surface area (Å²) >= 11 is 0. The van der Waals surface area contributed by atoms with Crippen molar-refractivity contribution in [3.05, 3.63) is 24.6 Å². The van der Waals surface area contributed by atoms with Gasteiger partial charge in [-0.3, -0.25) is 0 Å². The number of furan rings is 1. The van der Waals surface area contributed by atoms with Crippen molar-refractivity contribution in [1.82, 2.24) is 4.98 Å². The highest BCUT2D eigenvalue weighted by Gasteiger charge is 2.19. The Labute approximate surface area is 108 Å². The summed E-state index contributed by atoms with van der Waals surface area (Å²) in [6.07, 6.45) is 5.69. The van der Waals surface area contributed by atoms with E-state index in [-0.39, 0.29) is 0 Å². The molecule has 0 aliphatic rings. The van der Waals surface area contributed by atoms with Gasteiger partial charge < -0.3 is 15.1 Å². The van der Waals surface area contributed by atoms with Crippen LogP contribution in [-0.2, 0) is 0 Å². The van der Waals surface area contributed by atoms with Crippen LogP contribution in [-0.4, -0.2) is 24.1 Å². The van der Waals surface area contributed by atoms with Crippen LogP contribution in [0.5, 0.6) is 0 Å². The minimum absolute atomic E-state index is 0.474. The quantitative estimate of drug-likeness (QED) is 0.852. The first-order valence-corrected chi connectivity index (χ1v) is 6.60. The van der Waals surface area contributed by atoms with Gasteiger partial charge in [0, 0.05) is 25.3 Å². The van der Waals surface area contributed by atoms with E-state index in [9.17, 15) is 0 Å². The van der Waals surface area contributed by atoms with E-state index in [1.54, 1.807) is 12.5 Å². The summed E-state index contributed by atoms with van der Waals surface area (Å²) in [4.78, 5) is 6.83. The molecule has 4 nitrogen and oxygen atoms in total. The molecule has 0 atom stereocenters. The van der Waals surface area contributed by atoms with Crippen LogP contribution in [0, 0.1) is 0 Å². The Hall–Kier alpha value is -1.55. The van der Waals surface area contributed by atoms with Crippen LogP contribution in [0.2, 0.25) is 0 Å². The molecule has 0 radical (unpaired) electrons. The molecule has 0 fully saturated rings. The van der Waals surface area contributed by atoms with Crippen LogP contribution in [0.4, 0.5) is 5.82 Å². The van der Waals surface area contributed by atoms with Crippen molar-refractivity contribution in [2.24, 2.45) is 5.73 Å². The second kappa shape index (κ2) is 5.87. The highest BCUT2D eigenvalue weighted by molar-refractivity contribution is 5.88. The summed E-state index contributed by atoms with van der Waals surface area (Å²) in [5.41, 5.74) is 6.62. The van der Waals surface area contributed by atoms with Gasteiger partial charge in [-0.25, -0.2) is 4.98 Å². The average Bonchev–Trinajstić information content (AvgIpc) is 2.87. The van der Waals surface area contributed by atoms with E-state index in [0.717, 1.165) is 36.2 Å². The smallest absolute Gasteiger partial charge is 0.139 e. The summed E-state index contributed by atoms with van der Waals surface area (Å²) in [5.74, 6) is 0.986. The molecule has 2 rings (SSSR count). The zero-order chi connectivity index (χ0) is 13.0. The number of nitrogens with zero attached hydrogens (tertiary/aromatic N) is 2. The fraction of sp³-hybridized carbons (Fsp3) is 0.500. The molecule has 0 bridgehead atoms. The Kier molecular flexibility index (Phi) is 4.20. The highest BCUT2D eigenvalue weighted by Crippen LogP contribution is 2.27. The molecule has 0 saturated carbocycles. The van der Waals surface area contributed by atoms with E-state index in [1.807, 2.05) is 12.1 Å². The minimum atomic E-state index is 0.474. The van der Waals surface area contributed by atoms with Crippen molar-refractivity contribution >= 4 is 16.8 Å². The molecule has 2 heterocycles. The zero-order valence-corrected chi connectivity index (χ0v) is 11.1. The van der Waals surface area contributed by atoms with Gasteiger partial charge in [0.25, 0.3) is 0 Å². The van der Waals surface area contributed by atoms with Crippen LogP contribution in [0.25, 0.3) is 11.0 Å². The molecule has 0 amide bonds. The molecule has 2 N–H and O–H groups in total. The number of pyridine rings is 1. The second-order valence-electron chi connectivity index (χ2n) is 4.42. The van der Waals surface area contributed by atoms with Crippen molar-refractivity contribution in [2.75, 3.05) is 18.0 Å². The third kappa shape index (κ3) is 2.34. The summed E-state index contributed by atoms with van der Waals surface area (Å²) in [6, 6.07) is 4.34. The Morgan fingerprint density at radius 3 is 2.78 bits per heavy atom. The van der Waals surface area contributed by atoms with Crippen LogP contribution in [0.1, 0.15) is 26.7 Å². The lowest BCUT2D eigenvalue weighted by Crippen LogP contribution is -2.39. The highest BCUT2D eigenvalue weighted by atomic mass is 16.3. The molecular formula is C14H21N3O. The van der Waals surface area contributed by atoms with Crippen molar-refractivity contribution in [1.29, 1.82) is 0 Å². The Balaban J connectivity index is 2.43. The van der Waals surface area contributed by atoms with Gasteiger partial charge in [-0.1, -0.05) is 13.8 Å². The second-order valence-corrected chi connectivity index (χ2v) is 4.42. The number of nitrogens with two attached hydrogens (primary N) is 1. The van der Waals surface area contributed by atoms with Gasteiger partial charge >= 0.3 is 0 Å². The lowest BCUT2D eigenvalue weighted by molar-refractivity contribution is 0.555. The van der Waals surface area contributed by atoms with E-state index in [0.29, 0.717) is 12.6 Å². The Morgan fingerprint density at radius 1 is 1.33 bits per heavy atom. The molecule has 98 valence electrons. The van der Waals surface area contributed by atoms with E-state index >= 15 is 0 Å². The molecule has 0 unspecified atom stereocenters. The molecular weight excluding hydrogens is 226 g/mol. The number of aromatic nitrogens is 1. The topological polar surface area (TPSA) is 55.3 Å². The fourth-order valence-corrected chi connectivity index (χ4v) is 2.44. The van der Waals surface area contributed by atoms with Gasteiger partial charge in [0.1, 0.15) is 11.4 Å². The molecule has 0 aliphatic carbocycles. The van der Waals surface area contributed by atoms with E-state index in [4.69, 9.17) is 10.2 Å². The average molecular weight is 247 g/mol. The summed E-state index contributed by atoms with van der Waals surface area (Å²) in [6.45, 7) is 5.86. The third-order valence-corrected chi connectivity index (χ3v) is 3.38. The first-order valence-electron chi connectivity index (χ1n) is 6.60. The molecule has 0 aliphatic heterocycles. The molecule has 0 aromatic carbocycles. The van der Waals surface area contributed by atoms with Crippen molar-refractivity contribution < 1.29 is 4.42 Å². The Morgan fingerprint density at radius 2 is 2.11 bits per heavy atom. The molecule has 18 heavy (non-hydrogen) atoms. The normalized spacial score (nSPS) is 11.3. The van der Waals surface area contributed by atoms with E-state index in [1.165, 1.54) is 0 Å². The predicted octanol–water partition coefficient (Wildman–Crippen LogP) is 2.78. The summed E-state index contributed by atoms with van der Waals surface area (Å²) in [7, 11) is 0.